The normalized spacial score (nSPS) is 26.6. The van der Waals surface area contributed by atoms with Crippen molar-refractivity contribution in [1.82, 2.24) is 14.7 Å². The molecular formula is C34H53Cl2N3O4. The fourth-order valence-corrected chi connectivity index (χ4v) is 7.29. The van der Waals surface area contributed by atoms with Crippen LogP contribution in [-0.4, -0.2) is 82.9 Å². The zero-order chi connectivity index (χ0) is 31.2. The number of ether oxygens (including phenoxy) is 1. The van der Waals surface area contributed by atoms with Gasteiger partial charge < -0.3 is 14.5 Å². The van der Waals surface area contributed by atoms with Crippen molar-refractivity contribution in [1.29, 1.82) is 0 Å². The quantitative estimate of drug-likeness (QED) is 0.342. The number of hydrogen-bond acceptors (Lipinski definition) is 5. The molecule has 7 nitrogen and oxygen atoms in total. The lowest BCUT2D eigenvalue weighted by molar-refractivity contribution is -0.152. The zero-order valence-electron chi connectivity index (χ0n) is 27.6. The van der Waals surface area contributed by atoms with E-state index in [9.17, 15) is 14.4 Å². The maximum Gasteiger partial charge on any atom is 0.328 e. The Balaban J connectivity index is 0.00000506. The monoisotopic (exact) mass is 637 g/mol. The maximum atomic E-state index is 14.6. The molecule has 2 aliphatic heterocycles. The molecular weight excluding hydrogens is 585 g/mol. The summed E-state index contributed by atoms with van der Waals surface area (Å²) in [6.07, 6.45) is 4.37. The summed E-state index contributed by atoms with van der Waals surface area (Å²) in [7, 11) is 1.38. The molecule has 1 aromatic rings. The minimum atomic E-state index is -0.711. The molecule has 2 saturated heterocycles. The lowest BCUT2D eigenvalue weighted by Gasteiger charge is -2.45. The second kappa shape index (κ2) is 13.3. The Hall–Kier alpha value is -1.83. The Morgan fingerprint density at radius 2 is 1.51 bits per heavy atom. The lowest BCUT2D eigenvalue weighted by atomic mass is 9.74. The average Bonchev–Trinajstić information content (AvgIpc) is 3.54. The van der Waals surface area contributed by atoms with E-state index in [-0.39, 0.29) is 59.1 Å². The summed E-state index contributed by atoms with van der Waals surface area (Å²) in [5.41, 5.74) is 0.657. The summed E-state index contributed by atoms with van der Waals surface area (Å²) >= 11 is 6.21. The predicted octanol–water partition coefficient (Wildman–Crippen LogP) is 6.56. The number of likely N-dealkylation sites (tertiary alicyclic amines) is 2. The SMILES string of the molecule is COC(=O)[C@@H]1C[C@H](N(C(=O)C(C)(C)C)C2CCC(C)(C)CC2)CN1C(=O)[C@@H]1CN(C(C)(C)C)C[C@H]1c1ccc(Cl)cc1.Cl. The third-order valence-corrected chi connectivity index (χ3v) is 10.1. The highest BCUT2D eigenvalue weighted by Crippen LogP contribution is 2.42. The maximum absolute atomic E-state index is 14.6. The molecule has 0 unspecified atom stereocenters. The first kappa shape index (κ1) is 35.6. The number of rotatable bonds is 5. The molecule has 0 bridgehead atoms. The van der Waals surface area contributed by atoms with Crippen LogP contribution in [0.2, 0.25) is 5.02 Å². The second-order valence-corrected chi connectivity index (χ2v) is 16.1. The number of nitrogens with zero attached hydrogens (tertiary/aromatic N) is 3. The van der Waals surface area contributed by atoms with Gasteiger partial charge in [0.2, 0.25) is 11.8 Å². The van der Waals surface area contributed by atoms with E-state index in [0.717, 1.165) is 37.8 Å². The largest absolute Gasteiger partial charge is 0.467 e. The van der Waals surface area contributed by atoms with Crippen molar-refractivity contribution in [2.45, 2.75) is 117 Å². The van der Waals surface area contributed by atoms with Crippen LogP contribution in [0, 0.1) is 16.7 Å². The van der Waals surface area contributed by atoms with Crippen molar-refractivity contribution in [3.63, 3.8) is 0 Å². The number of carbonyl (C=O) groups is 3. The summed E-state index contributed by atoms with van der Waals surface area (Å²) in [5, 5.41) is 0.662. The molecule has 3 fully saturated rings. The van der Waals surface area contributed by atoms with E-state index in [1.807, 2.05) is 45.0 Å². The first-order valence-electron chi connectivity index (χ1n) is 15.6. The van der Waals surface area contributed by atoms with E-state index < -0.39 is 17.4 Å². The highest BCUT2D eigenvalue weighted by atomic mass is 35.5. The van der Waals surface area contributed by atoms with Gasteiger partial charge in [-0.2, -0.15) is 0 Å². The molecule has 0 N–H and O–H groups in total. The molecule has 1 aliphatic carbocycles. The first-order chi connectivity index (χ1) is 19.4. The standard InChI is InChI=1S/C34H52ClN3O4.ClH/c1-32(2,3)31(41)38(24-14-16-34(7,8)17-15-24)25-18-28(30(40)42-9)37(19-25)29(39)27-21-36(33(4,5)6)20-26(27)22-10-12-23(35)13-11-22;/h10-13,24-28H,14-21H2,1-9H3;1H/t25-,26-,27+,28-;/m0./s1. The van der Waals surface area contributed by atoms with Crippen LogP contribution in [0.4, 0.5) is 0 Å². The van der Waals surface area contributed by atoms with Crippen LogP contribution in [0.1, 0.15) is 99.0 Å². The lowest BCUT2D eigenvalue weighted by Crippen LogP contribution is -2.54. The molecule has 2 heterocycles. The molecule has 2 amide bonds. The Bertz CT molecular complexity index is 1150. The van der Waals surface area contributed by atoms with Gasteiger partial charge in [-0.1, -0.05) is 58.4 Å². The van der Waals surface area contributed by atoms with Gasteiger partial charge in [0.15, 0.2) is 0 Å². The highest BCUT2D eigenvalue weighted by molar-refractivity contribution is 6.30. The average molecular weight is 639 g/mol. The summed E-state index contributed by atoms with van der Waals surface area (Å²) < 4.78 is 5.24. The number of hydrogen-bond donors (Lipinski definition) is 0. The fraction of sp³-hybridized carbons (Fsp3) is 0.735. The highest BCUT2D eigenvalue weighted by Gasteiger charge is 2.51. The Kier molecular flexibility index (Phi) is 11.0. The van der Waals surface area contributed by atoms with Crippen LogP contribution in [0.15, 0.2) is 24.3 Å². The molecule has 0 aromatic heterocycles. The van der Waals surface area contributed by atoms with Crippen molar-refractivity contribution >= 4 is 41.8 Å². The van der Waals surface area contributed by atoms with Crippen LogP contribution in [0.25, 0.3) is 0 Å². The van der Waals surface area contributed by atoms with Gasteiger partial charge >= 0.3 is 5.97 Å². The van der Waals surface area contributed by atoms with E-state index in [1.54, 1.807) is 4.90 Å². The third-order valence-electron chi connectivity index (χ3n) is 9.89. The Morgan fingerprint density at radius 3 is 2.02 bits per heavy atom. The van der Waals surface area contributed by atoms with E-state index in [1.165, 1.54) is 7.11 Å². The van der Waals surface area contributed by atoms with Crippen LogP contribution in [-0.2, 0) is 19.1 Å². The summed E-state index contributed by atoms with van der Waals surface area (Å²) in [6.45, 7) is 18.7. The van der Waals surface area contributed by atoms with Gasteiger partial charge in [-0.25, -0.2) is 4.79 Å². The third kappa shape index (κ3) is 7.88. The molecule has 242 valence electrons. The molecule has 43 heavy (non-hydrogen) atoms. The van der Waals surface area contributed by atoms with Gasteiger partial charge in [0.25, 0.3) is 0 Å². The number of amides is 2. The van der Waals surface area contributed by atoms with Gasteiger partial charge in [-0.05, 0) is 69.6 Å². The van der Waals surface area contributed by atoms with Gasteiger partial charge in [-0.15, -0.1) is 12.4 Å². The molecule has 0 radical (unpaired) electrons. The molecule has 3 aliphatic rings. The van der Waals surface area contributed by atoms with Gasteiger partial charge in [0.1, 0.15) is 6.04 Å². The molecule has 4 atom stereocenters. The molecule has 4 rings (SSSR count). The van der Waals surface area contributed by atoms with Gasteiger partial charge in [-0.3, -0.25) is 14.5 Å². The molecule has 1 aromatic carbocycles. The first-order valence-corrected chi connectivity index (χ1v) is 16.0. The minimum Gasteiger partial charge on any atom is -0.467 e. The topological polar surface area (TPSA) is 70.2 Å². The summed E-state index contributed by atoms with van der Waals surface area (Å²) in [6, 6.07) is 6.94. The van der Waals surface area contributed by atoms with Crippen molar-refractivity contribution in [3.05, 3.63) is 34.9 Å². The number of esters is 1. The summed E-state index contributed by atoms with van der Waals surface area (Å²) in [4.78, 5) is 47.9. The molecule has 9 heteroatoms. The second-order valence-electron chi connectivity index (χ2n) is 15.6. The van der Waals surface area contributed by atoms with Crippen LogP contribution >= 0.6 is 24.0 Å². The van der Waals surface area contributed by atoms with Gasteiger partial charge in [0.05, 0.1) is 19.1 Å². The fourth-order valence-electron chi connectivity index (χ4n) is 7.16. The van der Waals surface area contributed by atoms with Crippen molar-refractivity contribution < 1.29 is 19.1 Å². The van der Waals surface area contributed by atoms with Crippen molar-refractivity contribution in [3.8, 4) is 0 Å². The van der Waals surface area contributed by atoms with Crippen molar-refractivity contribution in [2.24, 2.45) is 16.7 Å². The van der Waals surface area contributed by atoms with Crippen molar-refractivity contribution in [2.75, 3.05) is 26.7 Å². The predicted molar refractivity (Wildman–Crippen MR) is 175 cm³/mol. The Labute approximate surface area is 270 Å². The number of benzene rings is 1. The summed E-state index contributed by atoms with van der Waals surface area (Å²) in [5.74, 6) is -0.702. The minimum absolute atomic E-state index is 0. The van der Waals surface area contributed by atoms with Crippen LogP contribution in [0.5, 0.6) is 0 Å². The Morgan fingerprint density at radius 1 is 0.930 bits per heavy atom. The molecule has 1 saturated carbocycles. The zero-order valence-corrected chi connectivity index (χ0v) is 29.2. The van der Waals surface area contributed by atoms with E-state index in [0.29, 0.717) is 24.5 Å². The molecule has 0 spiro atoms. The van der Waals surface area contributed by atoms with Crippen LogP contribution < -0.4 is 0 Å². The van der Waals surface area contributed by atoms with Crippen LogP contribution in [0.3, 0.4) is 0 Å². The number of halogens is 2. The van der Waals surface area contributed by atoms with E-state index >= 15 is 0 Å². The van der Waals surface area contributed by atoms with E-state index in [4.69, 9.17) is 16.3 Å². The van der Waals surface area contributed by atoms with Gasteiger partial charge in [0, 0.05) is 54.0 Å². The number of methoxy groups -OCH3 is 1. The smallest absolute Gasteiger partial charge is 0.328 e. The number of carbonyl (C=O) groups excluding carboxylic acids is 3. The van der Waals surface area contributed by atoms with E-state index in [2.05, 4.69) is 44.4 Å².